The molecule has 2 aromatic rings. The Bertz CT molecular complexity index is 644. The SMILES string of the molecule is Nc1nnc(SCC(=O)Nc2ccccc2C(=O)[O-])s1. The first kappa shape index (κ1) is 14.3. The van der Waals surface area contributed by atoms with Crippen LogP contribution in [0.25, 0.3) is 0 Å². The minimum atomic E-state index is -1.34. The summed E-state index contributed by atoms with van der Waals surface area (Å²) in [5.74, 6) is -1.61. The Morgan fingerprint density at radius 2 is 2.10 bits per heavy atom. The van der Waals surface area contributed by atoms with E-state index in [1.807, 2.05) is 0 Å². The summed E-state index contributed by atoms with van der Waals surface area (Å²) in [4.78, 5) is 22.6. The molecule has 0 aliphatic heterocycles. The van der Waals surface area contributed by atoms with Crippen molar-refractivity contribution in [2.24, 2.45) is 0 Å². The first-order chi connectivity index (χ1) is 9.56. The molecule has 0 aliphatic rings. The topological polar surface area (TPSA) is 121 Å². The number of carbonyl (C=O) groups excluding carboxylic acids is 2. The number of nitrogen functional groups attached to an aromatic ring is 1. The molecule has 1 aromatic heterocycles. The van der Waals surface area contributed by atoms with E-state index in [9.17, 15) is 14.7 Å². The summed E-state index contributed by atoms with van der Waals surface area (Å²) in [5, 5.41) is 21.1. The largest absolute Gasteiger partial charge is 0.545 e. The van der Waals surface area contributed by atoms with Crippen LogP contribution in [0.15, 0.2) is 28.6 Å². The second-order valence-corrected chi connectivity index (χ2v) is 5.81. The van der Waals surface area contributed by atoms with Crippen LogP contribution >= 0.6 is 23.1 Å². The van der Waals surface area contributed by atoms with Gasteiger partial charge in [-0.2, -0.15) is 0 Å². The van der Waals surface area contributed by atoms with Crippen molar-refractivity contribution in [2.75, 3.05) is 16.8 Å². The number of carbonyl (C=O) groups is 2. The standard InChI is InChI=1S/C11H10N4O3S2/c12-10-14-15-11(20-10)19-5-8(16)13-7-4-2-1-3-6(7)9(17)18/h1-4H,5H2,(H2,12,14)(H,13,16)(H,17,18)/p-1. The number of aromatic carboxylic acids is 1. The van der Waals surface area contributed by atoms with Gasteiger partial charge in [0.25, 0.3) is 0 Å². The number of carboxylic acid groups (broad SMARTS) is 1. The van der Waals surface area contributed by atoms with Crippen LogP contribution in [-0.4, -0.2) is 27.8 Å². The molecule has 20 heavy (non-hydrogen) atoms. The Morgan fingerprint density at radius 3 is 2.75 bits per heavy atom. The smallest absolute Gasteiger partial charge is 0.234 e. The molecule has 0 saturated heterocycles. The second kappa shape index (κ2) is 6.35. The first-order valence-electron chi connectivity index (χ1n) is 5.38. The van der Waals surface area contributed by atoms with Crippen molar-refractivity contribution in [3.8, 4) is 0 Å². The van der Waals surface area contributed by atoms with Gasteiger partial charge >= 0.3 is 0 Å². The molecular formula is C11H9N4O3S2-. The number of thioether (sulfide) groups is 1. The van der Waals surface area contributed by atoms with Crippen molar-refractivity contribution < 1.29 is 14.7 Å². The van der Waals surface area contributed by atoms with Crippen molar-refractivity contribution in [1.82, 2.24) is 10.2 Å². The lowest BCUT2D eigenvalue weighted by Gasteiger charge is -2.10. The lowest BCUT2D eigenvalue weighted by atomic mass is 10.2. The maximum atomic E-state index is 11.7. The summed E-state index contributed by atoms with van der Waals surface area (Å²) >= 11 is 2.35. The molecule has 104 valence electrons. The third-order valence-corrected chi connectivity index (χ3v) is 4.06. The zero-order valence-corrected chi connectivity index (χ0v) is 11.7. The van der Waals surface area contributed by atoms with Crippen molar-refractivity contribution >= 4 is 45.8 Å². The highest BCUT2D eigenvalue weighted by molar-refractivity contribution is 8.01. The highest BCUT2D eigenvalue weighted by atomic mass is 32.2. The number of hydrogen-bond acceptors (Lipinski definition) is 8. The van der Waals surface area contributed by atoms with Crippen LogP contribution < -0.4 is 16.2 Å². The van der Waals surface area contributed by atoms with Gasteiger partial charge in [-0.15, -0.1) is 10.2 Å². The third kappa shape index (κ3) is 3.68. The average Bonchev–Trinajstić information content (AvgIpc) is 2.83. The van der Waals surface area contributed by atoms with Gasteiger partial charge in [0.05, 0.1) is 11.7 Å². The van der Waals surface area contributed by atoms with Gasteiger partial charge in [0.2, 0.25) is 11.0 Å². The van der Waals surface area contributed by atoms with Crippen LogP contribution in [0.1, 0.15) is 10.4 Å². The Hall–Kier alpha value is -2.13. The molecule has 0 bridgehead atoms. The molecule has 9 heteroatoms. The molecule has 3 N–H and O–H groups in total. The zero-order valence-electron chi connectivity index (χ0n) is 10.0. The highest BCUT2D eigenvalue weighted by Crippen LogP contribution is 2.23. The summed E-state index contributed by atoms with van der Waals surface area (Å²) in [6.45, 7) is 0. The lowest BCUT2D eigenvalue weighted by molar-refractivity contribution is -0.254. The normalized spacial score (nSPS) is 10.2. The van der Waals surface area contributed by atoms with Gasteiger partial charge in [0.1, 0.15) is 0 Å². The van der Waals surface area contributed by atoms with Crippen LogP contribution in [0.5, 0.6) is 0 Å². The number of benzene rings is 1. The summed E-state index contributed by atoms with van der Waals surface area (Å²) < 4.78 is 0.575. The summed E-state index contributed by atoms with van der Waals surface area (Å²) in [5.41, 5.74) is 5.56. The average molecular weight is 309 g/mol. The van der Waals surface area contributed by atoms with Crippen LogP contribution in [-0.2, 0) is 4.79 Å². The molecule has 2 rings (SSSR count). The predicted molar refractivity (Wildman–Crippen MR) is 74.4 cm³/mol. The predicted octanol–water partition coefficient (Wildman–Crippen LogP) is 0.215. The molecule has 0 atom stereocenters. The fourth-order valence-electron chi connectivity index (χ4n) is 1.36. The van der Waals surface area contributed by atoms with Crippen molar-refractivity contribution in [3.63, 3.8) is 0 Å². The number of aromatic nitrogens is 2. The number of carboxylic acids is 1. The number of nitrogens with two attached hydrogens (primary N) is 1. The van der Waals surface area contributed by atoms with Gasteiger partial charge in [-0.25, -0.2) is 0 Å². The molecule has 7 nitrogen and oxygen atoms in total. The molecule has 1 heterocycles. The highest BCUT2D eigenvalue weighted by Gasteiger charge is 2.09. The molecule has 0 fully saturated rings. The summed E-state index contributed by atoms with van der Waals surface area (Å²) in [6.07, 6.45) is 0. The lowest BCUT2D eigenvalue weighted by Crippen LogP contribution is -2.25. The van der Waals surface area contributed by atoms with Gasteiger partial charge in [-0.3, -0.25) is 4.79 Å². The van der Waals surface area contributed by atoms with E-state index in [4.69, 9.17) is 5.73 Å². The first-order valence-corrected chi connectivity index (χ1v) is 7.18. The van der Waals surface area contributed by atoms with E-state index in [0.29, 0.717) is 9.47 Å². The molecule has 0 unspecified atom stereocenters. The van der Waals surface area contributed by atoms with Crippen molar-refractivity contribution in [3.05, 3.63) is 29.8 Å². The van der Waals surface area contributed by atoms with Crippen LogP contribution in [0.4, 0.5) is 10.8 Å². The van der Waals surface area contributed by atoms with E-state index in [1.165, 1.54) is 35.2 Å². The van der Waals surface area contributed by atoms with E-state index < -0.39 is 5.97 Å². The van der Waals surface area contributed by atoms with Crippen molar-refractivity contribution in [2.45, 2.75) is 4.34 Å². The number of rotatable bonds is 5. The molecule has 0 radical (unpaired) electrons. The van der Waals surface area contributed by atoms with Gasteiger partial charge < -0.3 is 21.0 Å². The van der Waals surface area contributed by atoms with Gasteiger partial charge in [0, 0.05) is 11.3 Å². The van der Waals surface area contributed by atoms with Crippen LogP contribution in [0.3, 0.4) is 0 Å². The summed E-state index contributed by atoms with van der Waals surface area (Å²) in [6, 6.07) is 6.04. The Balaban J connectivity index is 1.96. The summed E-state index contributed by atoms with van der Waals surface area (Å²) in [7, 11) is 0. The molecule has 1 amide bonds. The minimum absolute atomic E-state index is 0.0639. The van der Waals surface area contributed by atoms with Gasteiger partial charge in [-0.05, 0) is 6.07 Å². The van der Waals surface area contributed by atoms with E-state index in [1.54, 1.807) is 12.1 Å². The van der Waals surface area contributed by atoms with E-state index in [-0.39, 0.29) is 22.9 Å². The Labute approximate surface area is 122 Å². The van der Waals surface area contributed by atoms with E-state index in [0.717, 1.165) is 0 Å². The van der Waals surface area contributed by atoms with Crippen LogP contribution in [0.2, 0.25) is 0 Å². The molecule has 0 aliphatic carbocycles. The fraction of sp³-hybridized carbons (Fsp3) is 0.0909. The molecule has 1 aromatic carbocycles. The Kier molecular flexibility index (Phi) is 4.53. The Morgan fingerprint density at radius 1 is 1.35 bits per heavy atom. The number of nitrogens with zero attached hydrogens (tertiary/aromatic N) is 2. The zero-order chi connectivity index (χ0) is 14.5. The van der Waals surface area contributed by atoms with Gasteiger partial charge in [-0.1, -0.05) is 41.3 Å². The minimum Gasteiger partial charge on any atom is -0.545 e. The maximum Gasteiger partial charge on any atom is 0.234 e. The number of para-hydroxylation sites is 1. The second-order valence-electron chi connectivity index (χ2n) is 3.58. The van der Waals surface area contributed by atoms with E-state index >= 15 is 0 Å². The third-order valence-electron chi connectivity index (χ3n) is 2.17. The fourth-order valence-corrected chi connectivity index (χ4v) is 2.80. The number of hydrogen-bond donors (Lipinski definition) is 2. The number of anilines is 2. The number of amides is 1. The van der Waals surface area contributed by atoms with Gasteiger partial charge in [0.15, 0.2) is 4.34 Å². The quantitative estimate of drug-likeness (QED) is 0.757. The molecule has 0 spiro atoms. The molecule has 0 saturated carbocycles. The number of nitrogens with one attached hydrogen (secondary N) is 1. The maximum absolute atomic E-state index is 11.7. The van der Waals surface area contributed by atoms with Crippen molar-refractivity contribution in [1.29, 1.82) is 0 Å². The molecular weight excluding hydrogens is 300 g/mol. The monoisotopic (exact) mass is 309 g/mol. The van der Waals surface area contributed by atoms with Crippen LogP contribution in [0, 0.1) is 0 Å². The van der Waals surface area contributed by atoms with E-state index in [2.05, 4.69) is 15.5 Å².